The quantitative estimate of drug-likeness (QED) is 0.101. The van der Waals surface area contributed by atoms with Gasteiger partial charge in [0.15, 0.2) is 5.82 Å². The molecule has 0 saturated heterocycles. The van der Waals surface area contributed by atoms with Crippen molar-refractivity contribution in [2.45, 2.75) is 52.4 Å². The highest BCUT2D eigenvalue weighted by atomic mass is 15.0. The normalized spacial score (nSPS) is 12.9. The number of pyridine rings is 2. The van der Waals surface area contributed by atoms with E-state index < -0.39 is 0 Å². The third kappa shape index (κ3) is 5.78. The molecule has 2 aromatic heterocycles. The van der Waals surface area contributed by atoms with Gasteiger partial charge in [0.2, 0.25) is 0 Å². The number of hydrogen-bond acceptors (Lipinski definition) is 4. The third-order valence-corrected chi connectivity index (χ3v) is 8.19. The molecule has 0 aliphatic carbocycles. The topological polar surface area (TPSA) is 50.2 Å². The van der Waals surface area contributed by atoms with Crippen LogP contribution in [0.4, 0.5) is 11.6 Å². The van der Waals surface area contributed by atoms with Gasteiger partial charge in [0.05, 0.1) is 17.6 Å². The van der Waals surface area contributed by atoms with Crippen molar-refractivity contribution in [3.8, 4) is 0 Å². The van der Waals surface area contributed by atoms with Crippen molar-refractivity contribution in [1.82, 2.24) is 9.97 Å². The van der Waals surface area contributed by atoms with E-state index in [1.165, 1.54) is 48.3 Å². The fourth-order valence-corrected chi connectivity index (χ4v) is 5.87. The average molecular weight is 539 g/mol. The van der Waals surface area contributed by atoms with Crippen LogP contribution in [0.2, 0.25) is 0 Å². The zero-order valence-electron chi connectivity index (χ0n) is 24.1. The lowest BCUT2D eigenvalue weighted by Gasteiger charge is -2.18. The molecule has 0 unspecified atom stereocenters. The van der Waals surface area contributed by atoms with Crippen LogP contribution in [0.15, 0.2) is 102 Å². The lowest BCUT2D eigenvalue weighted by atomic mass is 9.97. The maximum absolute atomic E-state index is 5.32. The minimum atomic E-state index is 0.322. The highest BCUT2D eigenvalue weighted by molar-refractivity contribution is 6.12. The second kappa shape index (κ2) is 12.5. The minimum Gasteiger partial charge on any atom is -0.364 e. The first-order valence-electron chi connectivity index (χ1n) is 15.1. The summed E-state index contributed by atoms with van der Waals surface area (Å²) in [6.45, 7) is 5.20. The number of aliphatic imine (C=N–C) groups is 1. The Bertz CT molecular complexity index is 1840. The van der Waals surface area contributed by atoms with E-state index in [1.54, 1.807) is 0 Å². The zero-order valence-corrected chi connectivity index (χ0v) is 24.1. The summed E-state index contributed by atoms with van der Waals surface area (Å²) in [4.78, 5) is 15.4. The number of nitrogens with one attached hydrogen (secondary N) is 1. The predicted octanol–water partition coefficient (Wildman–Crippen LogP) is 10.3. The molecule has 0 amide bonds. The Kier molecular flexibility index (Phi) is 8.18. The number of hydrogen-bond donors (Lipinski definition) is 1. The standard InChI is InChI=1S/C37H38N4/c1-3-4-5-6-7-16-26(2)35(41-37-32-22-11-9-18-28(32)30-20-13-15-24-34(30)40-37)25-38-36-31-21-10-8-17-27(31)29-19-12-14-23-33(29)39-36/h8-15,17-24,26H,3-7,16,25H2,1-2H3,(H,38,39)/t26-/m1/s1. The van der Waals surface area contributed by atoms with Crippen molar-refractivity contribution in [2.24, 2.45) is 10.9 Å². The first-order valence-corrected chi connectivity index (χ1v) is 15.1. The van der Waals surface area contributed by atoms with E-state index in [-0.39, 0.29) is 0 Å². The molecule has 0 fully saturated rings. The molecule has 4 nitrogen and oxygen atoms in total. The molecule has 206 valence electrons. The second-order valence-corrected chi connectivity index (χ2v) is 11.1. The van der Waals surface area contributed by atoms with Crippen molar-refractivity contribution in [2.75, 3.05) is 11.9 Å². The van der Waals surface area contributed by atoms with Crippen LogP contribution in [0, 0.1) is 5.92 Å². The minimum absolute atomic E-state index is 0.322. The second-order valence-electron chi connectivity index (χ2n) is 11.1. The van der Waals surface area contributed by atoms with Gasteiger partial charge in [-0.1, -0.05) is 131 Å². The van der Waals surface area contributed by atoms with Crippen LogP contribution in [0.1, 0.15) is 52.4 Å². The van der Waals surface area contributed by atoms with E-state index in [0.717, 1.165) is 51.0 Å². The number of unbranched alkanes of at least 4 members (excludes halogenated alkanes) is 4. The number of para-hydroxylation sites is 2. The average Bonchev–Trinajstić information content (AvgIpc) is 3.02. The van der Waals surface area contributed by atoms with Crippen molar-refractivity contribution >= 4 is 60.7 Å². The van der Waals surface area contributed by atoms with Crippen LogP contribution >= 0.6 is 0 Å². The van der Waals surface area contributed by atoms with Gasteiger partial charge in [-0.05, 0) is 35.2 Å². The van der Waals surface area contributed by atoms with Gasteiger partial charge in [0.25, 0.3) is 0 Å². The van der Waals surface area contributed by atoms with E-state index >= 15 is 0 Å². The Morgan fingerprint density at radius 3 is 1.85 bits per heavy atom. The fourth-order valence-electron chi connectivity index (χ4n) is 5.87. The number of nitrogens with zero attached hydrogens (tertiary/aromatic N) is 3. The van der Waals surface area contributed by atoms with E-state index in [0.29, 0.717) is 12.5 Å². The van der Waals surface area contributed by atoms with Crippen LogP contribution in [-0.4, -0.2) is 22.2 Å². The zero-order chi connectivity index (χ0) is 28.0. The van der Waals surface area contributed by atoms with Crippen LogP contribution in [0.3, 0.4) is 0 Å². The van der Waals surface area contributed by atoms with E-state index in [2.05, 4.69) is 116 Å². The molecule has 0 aliphatic rings. The number of anilines is 1. The monoisotopic (exact) mass is 538 g/mol. The van der Waals surface area contributed by atoms with Crippen LogP contribution in [0.25, 0.3) is 43.4 Å². The van der Waals surface area contributed by atoms with Crippen LogP contribution in [0.5, 0.6) is 0 Å². The Morgan fingerprint density at radius 2 is 1.17 bits per heavy atom. The molecule has 4 aromatic carbocycles. The summed E-state index contributed by atoms with van der Waals surface area (Å²) in [5, 5.41) is 10.7. The molecule has 6 rings (SSSR count). The SMILES string of the molecule is CCCCCCC[C@@H](C)C(CNc1nc2ccccc2c2ccccc12)=Nc1nc2ccccc2c2ccccc12. The van der Waals surface area contributed by atoms with Crippen LogP contribution < -0.4 is 5.32 Å². The molecule has 4 heteroatoms. The molecule has 0 bridgehead atoms. The first kappa shape index (κ1) is 26.9. The summed E-state index contributed by atoms with van der Waals surface area (Å²) in [5.74, 6) is 2.02. The molecule has 0 radical (unpaired) electrons. The molecular weight excluding hydrogens is 500 g/mol. The highest BCUT2D eigenvalue weighted by Gasteiger charge is 2.16. The third-order valence-electron chi connectivity index (χ3n) is 8.19. The Hall–Kier alpha value is -4.31. The van der Waals surface area contributed by atoms with E-state index in [4.69, 9.17) is 15.0 Å². The maximum atomic E-state index is 5.32. The molecular formula is C37H38N4. The number of aromatic nitrogens is 2. The molecule has 41 heavy (non-hydrogen) atoms. The summed E-state index contributed by atoms with van der Waals surface area (Å²) >= 11 is 0. The molecule has 0 spiro atoms. The molecule has 1 atom stereocenters. The Balaban J connectivity index is 1.39. The van der Waals surface area contributed by atoms with E-state index in [9.17, 15) is 0 Å². The lowest BCUT2D eigenvalue weighted by molar-refractivity contribution is 0.564. The predicted molar refractivity (Wildman–Crippen MR) is 177 cm³/mol. The first-order chi connectivity index (χ1) is 20.2. The van der Waals surface area contributed by atoms with Crippen molar-refractivity contribution in [3.63, 3.8) is 0 Å². The van der Waals surface area contributed by atoms with Gasteiger partial charge < -0.3 is 5.32 Å². The molecule has 6 aromatic rings. The van der Waals surface area contributed by atoms with Gasteiger partial charge in [-0.25, -0.2) is 15.0 Å². The summed E-state index contributed by atoms with van der Waals surface area (Å²) in [7, 11) is 0. The molecule has 0 aliphatic heterocycles. The summed E-state index contributed by atoms with van der Waals surface area (Å²) < 4.78 is 0. The van der Waals surface area contributed by atoms with Crippen molar-refractivity contribution in [3.05, 3.63) is 97.1 Å². The van der Waals surface area contributed by atoms with Crippen molar-refractivity contribution in [1.29, 1.82) is 0 Å². The van der Waals surface area contributed by atoms with Gasteiger partial charge in [-0.3, -0.25) is 0 Å². The Labute approximate surface area is 242 Å². The van der Waals surface area contributed by atoms with Gasteiger partial charge in [-0.2, -0.15) is 0 Å². The summed E-state index contributed by atoms with van der Waals surface area (Å²) in [5.41, 5.74) is 3.09. The van der Waals surface area contributed by atoms with Gasteiger partial charge in [-0.15, -0.1) is 0 Å². The number of benzene rings is 4. The van der Waals surface area contributed by atoms with Gasteiger partial charge in [0.1, 0.15) is 5.82 Å². The van der Waals surface area contributed by atoms with Gasteiger partial charge in [0, 0.05) is 27.3 Å². The largest absolute Gasteiger partial charge is 0.364 e. The van der Waals surface area contributed by atoms with Gasteiger partial charge >= 0.3 is 0 Å². The highest BCUT2D eigenvalue weighted by Crippen LogP contribution is 2.32. The molecule has 1 N–H and O–H groups in total. The summed E-state index contributed by atoms with van der Waals surface area (Å²) in [6.07, 6.45) is 7.47. The number of fused-ring (bicyclic) bond motifs is 6. The van der Waals surface area contributed by atoms with Crippen LogP contribution in [-0.2, 0) is 0 Å². The lowest BCUT2D eigenvalue weighted by Crippen LogP contribution is -2.22. The van der Waals surface area contributed by atoms with Crippen molar-refractivity contribution < 1.29 is 0 Å². The number of rotatable bonds is 11. The fraction of sp³-hybridized carbons (Fsp3) is 0.270. The van der Waals surface area contributed by atoms with E-state index in [1.807, 2.05) is 0 Å². The smallest absolute Gasteiger partial charge is 0.160 e. The summed E-state index contributed by atoms with van der Waals surface area (Å²) in [6, 6.07) is 33.8. The molecule has 0 saturated carbocycles. The maximum Gasteiger partial charge on any atom is 0.160 e. The Morgan fingerprint density at radius 1 is 0.634 bits per heavy atom. The molecule has 2 heterocycles.